The van der Waals surface area contributed by atoms with Crippen molar-refractivity contribution in [2.24, 2.45) is 0 Å². The van der Waals surface area contributed by atoms with E-state index in [-0.39, 0.29) is 5.75 Å². The SMILES string of the molecule is CCCS(=O)(=O)Nc1cccc(C(=O)NOC)c1. The van der Waals surface area contributed by atoms with Crippen molar-refractivity contribution in [3.05, 3.63) is 29.8 Å². The molecule has 1 amide bonds. The molecule has 100 valence electrons. The summed E-state index contributed by atoms with van der Waals surface area (Å²) in [4.78, 5) is 16.0. The van der Waals surface area contributed by atoms with Gasteiger partial charge < -0.3 is 0 Å². The molecule has 0 saturated heterocycles. The van der Waals surface area contributed by atoms with Crippen LogP contribution in [0.4, 0.5) is 5.69 Å². The van der Waals surface area contributed by atoms with Gasteiger partial charge in [0, 0.05) is 11.3 Å². The van der Waals surface area contributed by atoms with Crippen LogP contribution >= 0.6 is 0 Å². The van der Waals surface area contributed by atoms with Gasteiger partial charge in [0.05, 0.1) is 12.9 Å². The first-order valence-electron chi connectivity index (χ1n) is 5.42. The van der Waals surface area contributed by atoms with E-state index in [1.165, 1.54) is 13.2 Å². The molecule has 18 heavy (non-hydrogen) atoms. The van der Waals surface area contributed by atoms with Crippen LogP contribution in [0.2, 0.25) is 0 Å². The van der Waals surface area contributed by atoms with Gasteiger partial charge in [0.2, 0.25) is 10.0 Å². The summed E-state index contributed by atoms with van der Waals surface area (Å²) in [6.07, 6.45) is 0.527. The molecule has 2 N–H and O–H groups in total. The first-order valence-corrected chi connectivity index (χ1v) is 7.07. The lowest BCUT2D eigenvalue weighted by molar-refractivity contribution is 0.0537. The highest BCUT2D eigenvalue weighted by molar-refractivity contribution is 7.92. The zero-order chi connectivity index (χ0) is 13.6. The maximum Gasteiger partial charge on any atom is 0.274 e. The van der Waals surface area contributed by atoms with Gasteiger partial charge in [-0.3, -0.25) is 14.4 Å². The van der Waals surface area contributed by atoms with Gasteiger partial charge in [-0.15, -0.1) is 0 Å². The van der Waals surface area contributed by atoms with Gasteiger partial charge in [-0.05, 0) is 24.6 Å². The lowest BCUT2D eigenvalue weighted by Gasteiger charge is -2.08. The van der Waals surface area contributed by atoms with Gasteiger partial charge in [0.25, 0.3) is 5.91 Å². The van der Waals surface area contributed by atoms with E-state index >= 15 is 0 Å². The third-order valence-electron chi connectivity index (χ3n) is 2.07. The number of anilines is 1. The Morgan fingerprint density at radius 2 is 2.11 bits per heavy atom. The maximum absolute atomic E-state index is 11.6. The number of hydroxylamine groups is 1. The summed E-state index contributed by atoms with van der Waals surface area (Å²) in [5, 5.41) is 0. The Kier molecular flexibility index (Phi) is 5.11. The van der Waals surface area contributed by atoms with Gasteiger partial charge in [0.15, 0.2) is 0 Å². The summed E-state index contributed by atoms with van der Waals surface area (Å²) in [7, 11) is -2.03. The zero-order valence-electron chi connectivity index (χ0n) is 10.3. The van der Waals surface area contributed by atoms with E-state index in [0.717, 1.165) is 0 Å². The fourth-order valence-electron chi connectivity index (χ4n) is 1.37. The Hall–Kier alpha value is -1.60. The summed E-state index contributed by atoms with van der Waals surface area (Å²) in [5.41, 5.74) is 2.83. The minimum Gasteiger partial charge on any atom is -0.284 e. The van der Waals surface area contributed by atoms with Crippen molar-refractivity contribution >= 4 is 21.6 Å². The van der Waals surface area contributed by atoms with Gasteiger partial charge in [-0.2, -0.15) is 0 Å². The van der Waals surface area contributed by atoms with Crippen molar-refractivity contribution in [1.82, 2.24) is 5.48 Å². The Morgan fingerprint density at radius 1 is 1.39 bits per heavy atom. The van der Waals surface area contributed by atoms with Crippen LogP contribution in [-0.2, 0) is 14.9 Å². The topological polar surface area (TPSA) is 84.5 Å². The minimum atomic E-state index is -3.35. The number of carbonyl (C=O) groups excluding carboxylic acids is 1. The second-order valence-electron chi connectivity index (χ2n) is 3.64. The van der Waals surface area contributed by atoms with Crippen LogP contribution in [0.15, 0.2) is 24.3 Å². The van der Waals surface area contributed by atoms with E-state index in [2.05, 4.69) is 15.0 Å². The van der Waals surface area contributed by atoms with Crippen molar-refractivity contribution < 1.29 is 18.0 Å². The molecule has 1 aromatic carbocycles. The second kappa shape index (κ2) is 6.36. The predicted octanol–water partition coefficient (Wildman–Crippen LogP) is 1.13. The lowest BCUT2D eigenvalue weighted by atomic mass is 10.2. The van der Waals surface area contributed by atoms with Crippen molar-refractivity contribution in [1.29, 1.82) is 0 Å². The number of nitrogens with one attached hydrogen (secondary N) is 2. The van der Waals surface area contributed by atoms with Crippen molar-refractivity contribution in [3.63, 3.8) is 0 Å². The average Bonchev–Trinajstić information content (AvgIpc) is 2.28. The van der Waals surface area contributed by atoms with Crippen LogP contribution in [0, 0.1) is 0 Å². The van der Waals surface area contributed by atoms with Crippen LogP contribution in [0.3, 0.4) is 0 Å². The number of sulfonamides is 1. The molecule has 0 saturated carbocycles. The van der Waals surface area contributed by atoms with Crippen LogP contribution in [0.25, 0.3) is 0 Å². The van der Waals surface area contributed by atoms with Gasteiger partial charge in [0.1, 0.15) is 0 Å². The van der Waals surface area contributed by atoms with E-state index in [4.69, 9.17) is 0 Å². The number of hydrogen-bond donors (Lipinski definition) is 2. The number of rotatable bonds is 6. The normalized spacial score (nSPS) is 11.0. The summed E-state index contributed by atoms with van der Waals surface area (Å²) < 4.78 is 25.5. The van der Waals surface area contributed by atoms with Crippen LogP contribution in [-0.4, -0.2) is 27.2 Å². The van der Waals surface area contributed by atoms with E-state index in [1.807, 2.05) is 0 Å². The average molecular weight is 272 g/mol. The molecule has 0 bridgehead atoms. The smallest absolute Gasteiger partial charge is 0.274 e. The largest absolute Gasteiger partial charge is 0.284 e. The van der Waals surface area contributed by atoms with E-state index in [9.17, 15) is 13.2 Å². The number of benzene rings is 1. The number of carbonyl (C=O) groups is 1. The van der Waals surface area contributed by atoms with E-state index in [0.29, 0.717) is 17.7 Å². The highest BCUT2D eigenvalue weighted by Crippen LogP contribution is 2.12. The van der Waals surface area contributed by atoms with Crippen LogP contribution in [0.1, 0.15) is 23.7 Å². The molecule has 1 aromatic rings. The second-order valence-corrected chi connectivity index (χ2v) is 5.48. The third kappa shape index (κ3) is 4.34. The molecule has 0 unspecified atom stereocenters. The minimum absolute atomic E-state index is 0.0431. The molecule has 6 nitrogen and oxygen atoms in total. The van der Waals surface area contributed by atoms with Crippen molar-refractivity contribution in [2.45, 2.75) is 13.3 Å². The first-order chi connectivity index (χ1) is 8.48. The quantitative estimate of drug-likeness (QED) is 0.760. The summed E-state index contributed by atoms with van der Waals surface area (Å²) in [6, 6.07) is 6.18. The molecule has 0 spiro atoms. The molecule has 0 heterocycles. The fourth-order valence-corrected chi connectivity index (χ4v) is 2.50. The standard InChI is InChI=1S/C11H16N2O4S/c1-3-7-18(15,16)13-10-6-4-5-9(8-10)11(14)12-17-2/h4-6,8,13H,3,7H2,1-2H3,(H,12,14). The van der Waals surface area contributed by atoms with Gasteiger partial charge >= 0.3 is 0 Å². The fraction of sp³-hybridized carbons (Fsp3) is 0.364. The summed E-state index contributed by atoms with van der Waals surface area (Å²) >= 11 is 0. The van der Waals surface area contributed by atoms with Crippen molar-refractivity contribution in [3.8, 4) is 0 Å². The maximum atomic E-state index is 11.6. The Bertz CT molecular complexity index is 514. The first kappa shape index (κ1) is 14.5. The third-order valence-corrected chi connectivity index (χ3v) is 3.56. The molecule has 0 fully saturated rings. The molecule has 7 heteroatoms. The van der Waals surface area contributed by atoms with E-state index < -0.39 is 15.9 Å². The molecular weight excluding hydrogens is 256 g/mol. The zero-order valence-corrected chi connectivity index (χ0v) is 11.1. The Morgan fingerprint density at radius 3 is 2.72 bits per heavy atom. The monoisotopic (exact) mass is 272 g/mol. The van der Waals surface area contributed by atoms with Crippen molar-refractivity contribution in [2.75, 3.05) is 17.6 Å². The molecule has 0 aliphatic carbocycles. The molecule has 1 rings (SSSR count). The Balaban J connectivity index is 2.86. The molecule has 0 aromatic heterocycles. The van der Waals surface area contributed by atoms with E-state index in [1.54, 1.807) is 25.1 Å². The van der Waals surface area contributed by atoms with Gasteiger partial charge in [-0.1, -0.05) is 13.0 Å². The lowest BCUT2D eigenvalue weighted by Crippen LogP contribution is -2.22. The van der Waals surface area contributed by atoms with Crippen LogP contribution < -0.4 is 10.2 Å². The molecule has 0 atom stereocenters. The molecule has 0 radical (unpaired) electrons. The summed E-state index contributed by atoms with van der Waals surface area (Å²) in [6.45, 7) is 1.78. The number of amides is 1. The molecule has 0 aliphatic rings. The molecular formula is C11H16N2O4S. The predicted molar refractivity (Wildman–Crippen MR) is 68.6 cm³/mol. The highest BCUT2D eigenvalue weighted by atomic mass is 32.2. The summed E-state index contributed by atoms with van der Waals surface area (Å²) in [5.74, 6) is -0.393. The molecule has 0 aliphatic heterocycles. The van der Waals surface area contributed by atoms with Gasteiger partial charge in [-0.25, -0.2) is 13.9 Å². The number of hydrogen-bond acceptors (Lipinski definition) is 4. The van der Waals surface area contributed by atoms with Crippen LogP contribution in [0.5, 0.6) is 0 Å². The highest BCUT2D eigenvalue weighted by Gasteiger charge is 2.10. The Labute approximate surface area is 106 Å².